The third-order valence-electron chi connectivity index (χ3n) is 3.90. The summed E-state index contributed by atoms with van der Waals surface area (Å²) in [5, 5.41) is 7.87. The van der Waals surface area contributed by atoms with E-state index in [2.05, 4.69) is 35.5 Å². The van der Waals surface area contributed by atoms with E-state index in [1.807, 2.05) is 17.9 Å². The van der Waals surface area contributed by atoms with Gasteiger partial charge in [0, 0.05) is 37.4 Å². The molecule has 2 unspecified atom stereocenters. The largest absolute Gasteiger partial charge is 0.314 e. The summed E-state index contributed by atoms with van der Waals surface area (Å²) in [7, 11) is 4.21. The zero-order valence-corrected chi connectivity index (χ0v) is 11.9. The Morgan fingerprint density at radius 3 is 3.00 bits per heavy atom. The van der Waals surface area contributed by atoms with E-state index in [4.69, 9.17) is 0 Å². The molecule has 1 aliphatic rings. The number of aryl methyl sites for hydroxylation is 1. The second kappa shape index (κ2) is 6.34. The van der Waals surface area contributed by atoms with E-state index in [1.54, 1.807) is 0 Å². The predicted molar refractivity (Wildman–Crippen MR) is 74.4 cm³/mol. The molecule has 1 saturated carbocycles. The quantitative estimate of drug-likeness (QED) is 0.835. The van der Waals surface area contributed by atoms with Gasteiger partial charge in [-0.25, -0.2) is 0 Å². The Hall–Kier alpha value is -0.870. The minimum atomic E-state index is 0.722. The molecule has 4 heteroatoms. The molecule has 4 nitrogen and oxygen atoms in total. The number of rotatable bonds is 6. The van der Waals surface area contributed by atoms with Crippen LogP contribution in [-0.2, 0) is 13.6 Å². The Bertz CT molecular complexity index is 360. The van der Waals surface area contributed by atoms with Crippen molar-refractivity contribution in [3.8, 4) is 0 Å². The molecule has 0 amide bonds. The maximum absolute atomic E-state index is 4.23. The van der Waals surface area contributed by atoms with Crippen molar-refractivity contribution in [1.82, 2.24) is 20.0 Å². The molecule has 1 fully saturated rings. The van der Waals surface area contributed by atoms with E-state index in [-0.39, 0.29) is 0 Å². The van der Waals surface area contributed by atoms with Crippen LogP contribution in [0.2, 0.25) is 0 Å². The molecule has 2 rings (SSSR count). The fourth-order valence-electron chi connectivity index (χ4n) is 2.86. The second-order valence-corrected chi connectivity index (χ2v) is 5.56. The lowest BCUT2D eigenvalue weighted by Crippen LogP contribution is -2.32. The standard InChI is InChI=1S/C14H26N4/c1-4-7-15-13-5-6-14(8-13)17(2)10-12-9-16-18(3)11-12/h9,11,13-15H,4-8,10H2,1-3H3. The van der Waals surface area contributed by atoms with Crippen LogP contribution in [0.1, 0.15) is 38.2 Å². The molecule has 2 atom stereocenters. The third-order valence-corrected chi connectivity index (χ3v) is 3.90. The summed E-state index contributed by atoms with van der Waals surface area (Å²) in [6.07, 6.45) is 9.24. The van der Waals surface area contributed by atoms with Gasteiger partial charge in [-0.2, -0.15) is 5.10 Å². The van der Waals surface area contributed by atoms with Gasteiger partial charge < -0.3 is 5.32 Å². The molecule has 1 heterocycles. The fraction of sp³-hybridized carbons (Fsp3) is 0.786. The average Bonchev–Trinajstić information content (AvgIpc) is 2.96. The molecule has 0 aromatic carbocycles. The van der Waals surface area contributed by atoms with Crippen molar-refractivity contribution in [3.05, 3.63) is 18.0 Å². The summed E-state index contributed by atoms with van der Waals surface area (Å²) in [4.78, 5) is 2.48. The van der Waals surface area contributed by atoms with Gasteiger partial charge in [-0.15, -0.1) is 0 Å². The average molecular weight is 250 g/mol. The summed E-state index contributed by atoms with van der Waals surface area (Å²) in [6.45, 7) is 4.40. The van der Waals surface area contributed by atoms with Crippen LogP contribution in [0.5, 0.6) is 0 Å². The summed E-state index contributed by atoms with van der Waals surface area (Å²) in [6, 6.07) is 1.45. The molecule has 0 bridgehead atoms. The van der Waals surface area contributed by atoms with Gasteiger partial charge >= 0.3 is 0 Å². The monoisotopic (exact) mass is 250 g/mol. The Balaban J connectivity index is 1.78. The molecule has 1 aromatic rings. The van der Waals surface area contributed by atoms with Gasteiger partial charge in [0.1, 0.15) is 0 Å². The SMILES string of the molecule is CCCNC1CCC(N(C)Cc2cnn(C)c2)C1. The highest BCUT2D eigenvalue weighted by Crippen LogP contribution is 2.24. The normalized spacial score (nSPS) is 24.0. The molecule has 102 valence electrons. The third kappa shape index (κ3) is 3.56. The molecular formula is C14H26N4. The van der Waals surface area contributed by atoms with Crippen molar-refractivity contribution in [2.24, 2.45) is 7.05 Å². The summed E-state index contributed by atoms with van der Waals surface area (Å²) >= 11 is 0. The van der Waals surface area contributed by atoms with Crippen LogP contribution in [0.3, 0.4) is 0 Å². The topological polar surface area (TPSA) is 33.1 Å². The number of hydrogen-bond donors (Lipinski definition) is 1. The molecule has 18 heavy (non-hydrogen) atoms. The molecule has 1 aliphatic carbocycles. The van der Waals surface area contributed by atoms with E-state index < -0.39 is 0 Å². The minimum absolute atomic E-state index is 0.722. The van der Waals surface area contributed by atoms with Crippen molar-refractivity contribution in [2.45, 2.75) is 51.2 Å². The van der Waals surface area contributed by atoms with Crippen LogP contribution in [0.15, 0.2) is 12.4 Å². The number of nitrogens with zero attached hydrogens (tertiary/aromatic N) is 3. The van der Waals surface area contributed by atoms with Gasteiger partial charge in [0.15, 0.2) is 0 Å². The molecule has 0 radical (unpaired) electrons. The highest BCUT2D eigenvalue weighted by molar-refractivity contribution is 5.03. The van der Waals surface area contributed by atoms with Gasteiger partial charge in [-0.05, 0) is 39.3 Å². The molecule has 1 aromatic heterocycles. The minimum Gasteiger partial charge on any atom is -0.314 e. The van der Waals surface area contributed by atoms with Gasteiger partial charge in [0.2, 0.25) is 0 Å². The Morgan fingerprint density at radius 2 is 2.33 bits per heavy atom. The molecular weight excluding hydrogens is 224 g/mol. The van der Waals surface area contributed by atoms with Crippen LogP contribution >= 0.6 is 0 Å². The highest BCUT2D eigenvalue weighted by atomic mass is 15.2. The lowest BCUT2D eigenvalue weighted by Gasteiger charge is -2.24. The zero-order chi connectivity index (χ0) is 13.0. The van der Waals surface area contributed by atoms with Crippen molar-refractivity contribution < 1.29 is 0 Å². The van der Waals surface area contributed by atoms with Gasteiger partial charge in [0.25, 0.3) is 0 Å². The van der Waals surface area contributed by atoms with Crippen LogP contribution < -0.4 is 5.32 Å². The van der Waals surface area contributed by atoms with Crippen molar-refractivity contribution in [2.75, 3.05) is 13.6 Å². The second-order valence-electron chi connectivity index (χ2n) is 5.56. The molecule has 1 N–H and O–H groups in total. The maximum atomic E-state index is 4.23. The highest BCUT2D eigenvalue weighted by Gasteiger charge is 2.26. The van der Waals surface area contributed by atoms with Crippen molar-refractivity contribution in [3.63, 3.8) is 0 Å². The molecule has 0 aliphatic heterocycles. The molecule has 0 saturated heterocycles. The van der Waals surface area contributed by atoms with Crippen LogP contribution in [-0.4, -0.2) is 40.4 Å². The molecule has 0 spiro atoms. The summed E-state index contributed by atoms with van der Waals surface area (Å²) in [5.74, 6) is 0. The summed E-state index contributed by atoms with van der Waals surface area (Å²) < 4.78 is 1.88. The van der Waals surface area contributed by atoms with E-state index >= 15 is 0 Å². The van der Waals surface area contributed by atoms with E-state index in [1.165, 1.54) is 31.2 Å². The first-order chi connectivity index (χ1) is 8.69. The number of hydrogen-bond acceptors (Lipinski definition) is 3. The van der Waals surface area contributed by atoms with E-state index in [0.29, 0.717) is 0 Å². The lowest BCUT2D eigenvalue weighted by molar-refractivity contribution is 0.233. The van der Waals surface area contributed by atoms with Gasteiger partial charge in [0.05, 0.1) is 6.20 Å². The Labute approximate surface area is 110 Å². The predicted octanol–water partition coefficient (Wildman–Crippen LogP) is 1.77. The summed E-state index contributed by atoms with van der Waals surface area (Å²) in [5.41, 5.74) is 1.31. The lowest BCUT2D eigenvalue weighted by atomic mass is 10.2. The van der Waals surface area contributed by atoms with E-state index in [0.717, 1.165) is 25.2 Å². The van der Waals surface area contributed by atoms with Gasteiger partial charge in [-0.3, -0.25) is 9.58 Å². The first kappa shape index (κ1) is 13.6. The van der Waals surface area contributed by atoms with Crippen molar-refractivity contribution >= 4 is 0 Å². The first-order valence-electron chi connectivity index (χ1n) is 7.10. The van der Waals surface area contributed by atoms with Crippen LogP contribution in [0, 0.1) is 0 Å². The Kier molecular flexibility index (Phi) is 4.78. The first-order valence-corrected chi connectivity index (χ1v) is 7.10. The van der Waals surface area contributed by atoms with Gasteiger partial charge in [-0.1, -0.05) is 6.92 Å². The Morgan fingerprint density at radius 1 is 1.50 bits per heavy atom. The maximum Gasteiger partial charge on any atom is 0.0534 e. The van der Waals surface area contributed by atoms with Crippen LogP contribution in [0.4, 0.5) is 0 Å². The fourth-order valence-corrected chi connectivity index (χ4v) is 2.86. The zero-order valence-electron chi connectivity index (χ0n) is 11.9. The van der Waals surface area contributed by atoms with Crippen molar-refractivity contribution in [1.29, 1.82) is 0 Å². The van der Waals surface area contributed by atoms with E-state index in [9.17, 15) is 0 Å². The number of nitrogens with one attached hydrogen (secondary N) is 1. The number of aromatic nitrogens is 2. The van der Waals surface area contributed by atoms with Crippen LogP contribution in [0.25, 0.3) is 0 Å². The smallest absolute Gasteiger partial charge is 0.0534 e.